The van der Waals surface area contributed by atoms with Crippen molar-refractivity contribution in [2.24, 2.45) is 5.92 Å². The maximum absolute atomic E-state index is 11.9. The Morgan fingerprint density at radius 3 is 2.55 bits per heavy atom. The van der Waals surface area contributed by atoms with Crippen molar-refractivity contribution < 1.29 is 8.42 Å². The third-order valence-corrected chi connectivity index (χ3v) is 5.74. The largest absolute Gasteiger partial charge is 0.303 e. The fraction of sp³-hybridized carbons (Fsp3) is 1.00. The van der Waals surface area contributed by atoms with Crippen LogP contribution in [0.3, 0.4) is 0 Å². The second-order valence-corrected chi connectivity index (χ2v) is 7.49. The van der Waals surface area contributed by atoms with E-state index in [9.17, 15) is 8.42 Å². The molecule has 0 amide bonds. The van der Waals surface area contributed by atoms with E-state index < -0.39 is 10.2 Å². The van der Waals surface area contributed by atoms with Gasteiger partial charge in [-0.2, -0.15) is 12.7 Å². The van der Waals surface area contributed by atoms with Gasteiger partial charge in [0.05, 0.1) is 0 Å². The monoisotopic (exact) mass is 305 g/mol. The zero-order chi connectivity index (χ0) is 15.0. The quantitative estimate of drug-likeness (QED) is 0.659. The van der Waals surface area contributed by atoms with E-state index in [2.05, 4.69) is 16.5 Å². The van der Waals surface area contributed by atoms with Crippen LogP contribution in [0.5, 0.6) is 0 Å². The van der Waals surface area contributed by atoms with E-state index in [-0.39, 0.29) is 0 Å². The van der Waals surface area contributed by atoms with Gasteiger partial charge in [0.15, 0.2) is 0 Å². The molecule has 1 aliphatic rings. The van der Waals surface area contributed by atoms with Gasteiger partial charge in [0, 0.05) is 26.2 Å². The van der Waals surface area contributed by atoms with Crippen molar-refractivity contribution in [2.45, 2.75) is 46.5 Å². The predicted molar refractivity (Wildman–Crippen MR) is 83.9 cm³/mol. The van der Waals surface area contributed by atoms with E-state index in [1.165, 1.54) is 30.2 Å². The number of nitrogens with one attached hydrogen (secondary N) is 1. The lowest BCUT2D eigenvalue weighted by molar-refractivity contribution is 0.181. The normalized spacial score (nSPS) is 21.5. The molecule has 0 aromatic carbocycles. The number of hydrogen-bond donors (Lipinski definition) is 1. The van der Waals surface area contributed by atoms with Crippen LogP contribution in [0.15, 0.2) is 0 Å². The molecule has 0 aromatic rings. The average Bonchev–Trinajstić information content (AvgIpc) is 2.39. The van der Waals surface area contributed by atoms with Crippen molar-refractivity contribution in [1.29, 1.82) is 0 Å². The van der Waals surface area contributed by atoms with Gasteiger partial charge in [-0.15, -0.1) is 0 Å². The van der Waals surface area contributed by atoms with Gasteiger partial charge >= 0.3 is 0 Å². The van der Waals surface area contributed by atoms with Crippen LogP contribution in [-0.2, 0) is 10.2 Å². The van der Waals surface area contributed by atoms with Crippen LogP contribution in [0.2, 0.25) is 0 Å². The molecule has 1 rings (SSSR count). The highest BCUT2D eigenvalue weighted by Gasteiger charge is 2.18. The molecule has 1 aliphatic heterocycles. The smallest absolute Gasteiger partial charge is 0.279 e. The second-order valence-electron chi connectivity index (χ2n) is 5.74. The van der Waals surface area contributed by atoms with Gasteiger partial charge in [-0.25, -0.2) is 4.72 Å². The van der Waals surface area contributed by atoms with E-state index in [0.29, 0.717) is 19.6 Å². The molecule has 1 atom stereocenters. The molecule has 1 saturated heterocycles. The standard InChI is InChI=1S/C14H31N3O2S/c1-4-17(5-2)20(18,19)15-10-6-7-11-16-12-8-9-14(3)13-16/h14-15H,4-13H2,1-3H3/t14-/m0/s1. The van der Waals surface area contributed by atoms with Gasteiger partial charge in [0.1, 0.15) is 0 Å². The Kier molecular flexibility index (Phi) is 8.02. The number of rotatable bonds is 9. The molecule has 5 nitrogen and oxygen atoms in total. The van der Waals surface area contributed by atoms with Gasteiger partial charge < -0.3 is 4.90 Å². The lowest BCUT2D eigenvalue weighted by Crippen LogP contribution is -2.41. The van der Waals surface area contributed by atoms with Crippen LogP contribution in [0.1, 0.15) is 46.5 Å². The van der Waals surface area contributed by atoms with Gasteiger partial charge in [-0.1, -0.05) is 20.8 Å². The van der Waals surface area contributed by atoms with Gasteiger partial charge in [-0.05, 0) is 44.7 Å². The Hall–Kier alpha value is -0.170. The summed E-state index contributed by atoms with van der Waals surface area (Å²) in [7, 11) is -3.27. The highest BCUT2D eigenvalue weighted by Crippen LogP contribution is 2.15. The molecule has 0 unspecified atom stereocenters. The highest BCUT2D eigenvalue weighted by atomic mass is 32.2. The van der Waals surface area contributed by atoms with Crippen LogP contribution < -0.4 is 4.72 Å². The number of nitrogens with zero attached hydrogens (tertiary/aromatic N) is 2. The molecule has 0 spiro atoms. The average molecular weight is 305 g/mol. The molecular formula is C14H31N3O2S. The van der Waals surface area contributed by atoms with E-state index in [1.54, 1.807) is 0 Å². The zero-order valence-electron chi connectivity index (χ0n) is 13.3. The summed E-state index contributed by atoms with van der Waals surface area (Å²) in [6.45, 7) is 11.1. The maximum Gasteiger partial charge on any atom is 0.279 e. The first-order valence-electron chi connectivity index (χ1n) is 7.96. The Morgan fingerprint density at radius 1 is 1.25 bits per heavy atom. The minimum Gasteiger partial charge on any atom is -0.303 e. The zero-order valence-corrected chi connectivity index (χ0v) is 14.1. The van der Waals surface area contributed by atoms with E-state index in [0.717, 1.165) is 25.3 Å². The van der Waals surface area contributed by atoms with E-state index in [4.69, 9.17) is 0 Å². The predicted octanol–water partition coefficient (Wildman–Crippen LogP) is 1.67. The van der Waals surface area contributed by atoms with Crippen LogP contribution in [0.4, 0.5) is 0 Å². The SMILES string of the molecule is CCN(CC)S(=O)(=O)NCCCCN1CCC[C@H](C)C1. The topological polar surface area (TPSA) is 52.7 Å². The molecule has 0 radical (unpaired) electrons. The second kappa shape index (κ2) is 8.97. The molecule has 0 saturated carbocycles. The molecule has 0 bridgehead atoms. The van der Waals surface area contributed by atoms with Crippen LogP contribution >= 0.6 is 0 Å². The summed E-state index contributed by atoms with van der Waals surface area (Å²) in [5, 5.41) is 0. The number of piperidine rings is 1. The van der Waals surface area contributed by atoms with Crippen molar-refractivity contribution in [3.63, 3.8) is 0 Å². The third-order valence-electron chi connectivity index (χ3n) is 3.97. The minimum absolute atomic E-state index is 0.525. The van der Waals surface area contributed by atoms with E-state index in [1.807, 2.05) is 13.8 Å². The molecule has 120 valence electrons. The molecule has 0 aromatic heterocycles. The summed E-state index contributed by atoms with van der Waals surface area (Å²) < 4.78 is 28.0. The molecule has 1 fully saturated rings. The van der Waals surface area contributed by atoms with Crippen LogP contribution in [0.25, 0.3) is 0 Å². The van der Waals surface area contributed by atoms with Gasteiger partial charge in [0.2, 0.25) is 0 Å². The number of unbranched alkanes of at least 4 members (excludes halogenated alkanes) is 1. The van der Waals surface area contributed by atoms with Crippen molar-refractivity contribution in [1.82, 2.24) is 13.9 Å². The summed E-state index contributed by atoms with van der Waals surface area (Å²) in [5.74, 6) is 0.810. The summed E-state index contributed by atoms with van der Waals surface area (Å²) >= 11 is 0. The first-order valence-corrected chi connectivity index (χ1v) is 9.40. The van der Waals surface area contributed by atoms with Crippen LogP contribution in [0, 0.1) is 5.92 Å². The Morgan fingerprint density at radius 2 is 1.95 bits per heavy atom. The summed E-state index contributed by atoms with van der Waals surface area (Å²) in [6, 6.07) is 0. The fourth-order valence-corrected chi connectivity index (χ4v) is 4.07. The van der Waals surface area contributed by atoms with E-state index >= 15 is 0 Å². The van der Waals surface area contributed by atoms with Crippen molar-refractivity contribution in [2.75, 3.05) is 39.3 Å². The Bertz CT molecular complexity index is 355. The van der Waals surface area contributed by atoms with Crippen LogP contribution in [-0.4, -0.2) is 56.9 Å². The Labute approximate surface area is 124 Å². The Balaban J connectivity index is 2.15. The molecule has 6 heteroatoms. The lowest BCUT2D eigenvalue weighted by atomic mass is 10.0. The summed E-state index contributed by atoms with van der Waals surface area (Å²) in [4.78, 5) is 2.51. The lowest BCUT2D eigenvalue weighted by Gasteiger charge is -2.30. The first-order chi connectivity index (χ1) is 9.49. The first kappa shape index (κ1) is 17.9. The van der Waals surface area contributed by atoms with Gasteiger partial charge in [-0.3, -0.25) is 0 Å². The number of likely N-dealkylation sites (tertiary alicyclic amines) is 1. The molecule has 0 aliphatic carbocycles. The molecule has 1 N–H and O–H groups in total. The molecule has 20 heavy (non-hydrogen) atoms. The van der Waals surface area contributed by atoms with Crippen molar-refractivity contribution in [3.05, 3.63) is 0 Å². The number of hydrogen-bond acceptors (Lipinski definition) is 3. The highest BCUT2D eigenvalue weighted by molar-refractivity contribution is 7.87. The van der Waals surface area contributed by atoms with Gasteiger partial charge in [0.25, 0.3) is 10.2 Å². The minimum atomic E-state index is -3.27. The van der Waals surface area contributed by atoms with Crippen molar-refractivity contribution >= 4 is 10.2 Å². The fourth-order valence-electron chi connectivity index (χ4n) is 2.81. The third kappa shape index (κ3) is 6.08. The molecular weight excluding hydrogens is 274 g/mol. The molecule has 1 heterocycles. The maximum atomic E-state index is 11.9. The van der Waals surface area contributed by atoms with Crippen molar-refractivity contribution in [3.8, 4) is 0 Å². The summed E-state index contributed by atoms with van der Waals surface area (Å²) in [5.41, 5.74) is 0. The summed E-state index contributed by atoms with van der Waals surface area (Å²) in [6.07, 6.45) is 4.62.